The normalized spacial score (nSPS) is 21.3. The van der Waals surface area contributed by atoms with Gasteiger partial charge in [0.1, 0.15) is 17.6 Å². The Hall–Kier alpha value is -3.21. The zero-order valence-electron chi connectivity index (χ0n) is 20.1. The predicted molar refractivity (Wildman–Crippen MR) is 144 cm³/mol. The van der Waals surface area contributed by atoms with E-state index in [2.05, 4.69) is 29.0 Å². The van der Waals surface area contributed by atoms with Gasteiger partial charge in [-0.15, -0.1) is 23.7 Å². The third kappa shape index (κ3) is 5.45. The van der Waals surface area contributed by atoms with Crippen LogP contribution in [-0.4, -0.2) is 64.6 Å². The Labute approximate surface area is 220 Å². The van der Waals surface area contributed by atoms with E-state index in [-0.39, 0.29) is 36.4 Å². The van der Waals surface area contributed by atoms with Crippen molar-refractivity contribution in [1.82, 2.24) is 14.9 Å². The molecule has 0 spiro atoms. The SMILES string of the molecule is C[C@@H]1CN(c2cccc(-c3csc(NC(=O)C4CCN4C(=O)c4ccc(N)cc4)n3)n2)C[C@H](C)O1.Cl. The fourth-order valence-corrected chi connectivity index (χ4v) is 5.15. The molecule has 0 radical (unpaired) electrons. The first kappa shape index (κ1) is 25.9. The van der Waals surface area contributed by atoms with Gasteiger partial charge >= 0.3 is 0 Å². The fourth-order valence-electron chi connectivity index (χ4n) is 4.44. The lowest BCUT2D eigenvalue weighted by atomic mass is 10.0. The molecule has 2 aliphatic rings. The van der Waals surface area contributed by atoms with Gasteiger partial charge < -0.3 is 25.6 Å². The van der Waals surface area contributed by atoms with E-state index in [1.165, 1.54) is 11.3 Å². The summed E-state index contributed by atoms with van der Waals surface area (Å²) in [6, 6.07) is 12.1. The van der Waals surface area contributed by atoms with Crippen molar-refractivity contribution in [1.29, 1.82) is 0 Å². The third-order valence-corrected chi connectivity index (χ3v) is 6.97. The summed E-state index contributed by atoms with van der Waals surface area (Å²) < 4.78 is 5.83. The van der Waals surface area contributed by atoms with E-state index >= 15 is 0 Å². The van der Waals surface area contributed by atoms with Crippen molar-refractivity contribution in [2.24, 2.45) is 0 Å². The van der Waals surface area contributed by atoms with Crippen molar-refractivity contribution in [3.8, 4) is 11.4 Å². The molecule has 0 aliphatic carbocycles. The number of aromatic nitrogens is 2. The van der Waals surface area contributed by atoms with Gasteiger partial charge in [-0.05, 0) is 56.7 Å². The lowest BCUT2D eigenvalue weighted by molar-refractivity contribution is -0.123. The first-order valence-corrected chi connectivity index (χ1v) is 12.6. The van der Waals surface area contributed by atoms with Crippen LogP contribution in [0.4, 0.5) is 16.6 Å². The molecule has 2 aromatic heterocycles. The minimum absolute atomic E-state index is 0. The number of benzene rings is 1. The van der Waals surface area contributed by atoms with Gasteiger partial charge in [0.25, 0.3) is 5.91 Å². The Bertz CT molecular complexity index is 1230. The molecule has 36 heavy (non-hydrogen) atoms. The smallest absolute Gasteiger partial charge is 0.254 e. The van der Waals surface area contributed by atoms with Crippen molar-refractivity contribution in [3.05, 3.63) is 53.4 Å². The molecule has 4 heterocycles. The quantitative estimate of drug-likeness (QED) is 0.485. The Morgan fingerprint density at radius 3 is 2.44 bits per heavy atom. The van der Waals surface area contributed by atoms with Crippen molar-refractivity contribution in [2.45, 2.75) is 38.5 Å². The highest BCUT2D eigenvalue weighted by Crippen LogP contribution is 2.28. The van der Waals surface area contributed by atoms with E-state index in [9.17, 15) is 9.59 Å². The van der Waals surface area contributed by atoms with Crippen LogP contribution < -0.4 is 16.0 Å². The van der Waals surface area contributed by atoms with Gasteiger partial charge in [-0.2, -0.15) is 0 Å². The van der Waals surface area contributed by atoms with Crippen molar-refractivity contribution >= 4 is 52.2 Å². The average molecular weight is 529 g/mol. The number of carbonyl (C=O) groups excluding carboxylic acids is 2. The van der Waals surface area contributed by atoms with Crippen LogP contribution in [0, 0.1) is 0 Å². The molecule has 0 bridgehead atoms. The van der Waals surface area contributed by atoms with E-state index in [0.29, 0.717) is 35.0 Å². The number of anilines is 3. The second-order valence-electron chi connectivity index (χ2n) is 9.00. The van der Waals surface area contributed by atoms with Gasteiger partial charge in [-0.25, -0.2) is 9.97 Å². The Morgan fingerprint density at radius 1 is 1.06 bits per heavy atom. The number of hydrogen-bond donors (Lipinski definition) is 2. The number of carbonyl (C=O) groups is 2. The maximum atomic E-state index is 12.9. The summed E-state index contributed by atoms with van der Waals surface area (Å²) in [7, 11) is 0. The summed E-state index contributed by atoms with van der Waals surface area (Å²) in [4.78, 5) is 38.8. The molecule has 3 atom stereocenters. The van der Waals surface area contributed by atoms with E-state index in [1.54, 1.807) is 29.2 Å². The molecule has 190 valence electrons. The molecule has 11 heteroatoms. The second-order valence-corrected chi connectivity index (χ2v) is 9.85. The molecule has 2 aliphatic heterocycles. The van der Waals surface area contributed by atoms with Gasteiger partial charge in [0.05, 0.1) is 17.9 Å². The number of nitrogen functional groups attached to an aromatic ring is 1. The number of morpholine rings is 1. The first-order valence-electron chi connectivity index (χ1n) is 11.7. The molecule has 2 fully saturated rings. The van der Waals surface area contributed by atoms with Crippen LogP contribution in [0.5, 0.6) is 0 Å². The van der Waals surface area contributed by atoms with Crippen LogP contribution >= 0.6 is 23.7 Å². The van der Waals surface area contributed by atoms with Crippen LogP contribution in [0.15, 0.2) is 47.8 Å². The van der Waals surface area contributed by atoms with Crippen LogP contribution in [-0.2, 0) is 9.53 Å². The zero-order chi connectivity index (χ0) is 24.5. The average Bonchev–Trinajstić information content (AvgIpc) is 3.26. The number of nitrogens with one attached hydrogen (secondary N) is 1. The highest BCUT2D eigenvalue weighted by atomic mass is 35.5. The minimum atomic E-state index is -0.515. The van der Waals surface area contributed by atoms with Crippen LogP contribution in [0.1, 0.15) is 30.6 Å². The number of pyridine rings is 1. The number of halogens is 1. The van der Waals surface area contributed by atoms with Gasteiger partial charge in [0.2, 0.25) is 5.91 Å². The first-order chi connectivity index (χ1) is 16.9. The molecule has 1 unspecified atom stereocenters. The molecule has 9 nitrogen and oxygen atoms in total. The Kier molecular flexibility index (Phi) is 7.77. The largest absolute Gasteiger partial charge is 0.399 e. The number of likely N-dealkylation sites (tertiary alicyclic amines) is 1. The number of nitrogens with two attached hydrogens (primary N) is 1. The fraction of sp³-hybridized carbons (Fsp3) is 0.360. The Morgan fingerprint density at radius 2 is 1.78 bits per heavy atom. The standard InChI is InChI=1S/C25H28N6O3S.ClH/c1-15-12-30(13-16(2)34-15)22-5-3-4-19(27-22)20-14-35-25(28-20)29-23(32)21-10-11-31(21)24(33)17-6-8-18(26)9-7-17;/h3-9,14-16,21H,10-13,26H2,1-2H3,(H,28,29,32);1H/t15-,16+,21?;. The lowest BCUT2D eigenvalue weighted by Gasteiger charge is -2.39. The lowest BCUT2D eigenvalue weighted by Crippen LogP contribution is -2.56. The van der Waals surface area contributed by atoms with Gasteiger partial charge in [0.15, 0.2) is 5.13 Å². The van der Waals surface area contributed by atoms with Gasteiger partial charge in [0, 0.05) is 36.3 Å². The number of hydrogen-bond acceptors (Lipinski definition) is 8. The summed E-state index contributed by atoms with van der Waals surface area (Å²) in [5, 5.41) is 5.23. The molecule has 2 amide bonds. The summed E-state index contributed by atoms with van der Waals surface area (Å²) >= 11 is 1.34. The molecule has 3 aromatic rings. The van der Waals surface area contributed by atoms with Gasteiger partial charge in [-0.3, -0.25) is 9.59 Å². The van der Waals surface area contributed by atoms with E-state index in [0.717, 1.165) is 24.6 Å². The van der Waals surface area contributed by atoms with E-state index < -0.39 is 6.04 Å². The molecule has 2 saturated heterocycles. The number of rotatable bonds is 5. The molecule has 3 N–H and O–H groups in total. The maximum Gasteiger partial charge on any atom is 0.254 e. The van der Waals surface area contributed by atoms with Crippen LogP contribution in [0.3, 0.4) is 0 Å². The number of amides is 2. The summed E-state index contributed by atoms with van der Waals surface area (Å²) in [6.07, 6.45) is 0.900. The van der Waals surface area contributed by atoms with E-state index in [4.69, 9.17) is 15.5 Å². The van der Waals surface area contributed by atoms with Crippen LogP contribution in [0.2, 0.25) is 0 Å². The third-order valence-electron chi connectivity index (χ3n) is 6.22. The number of nitrogens with zero attached hydrogens (tertiary/aromatic N) is 4. The minimum Gasteiger partial charge on any atom is -0.399 e. The maximum absolute atomic E-state index is 12.9. The molecule has 0 saturated carbocycles. The number of ether oxygens (including phenoxy) is 1. The Balaban J connectivity index is 0.00000304. The van der Waals surface area contributed by atoms with Gasteiger partial charge in [-0.1, -0.05) is 6.07 Å². The highest BCUT2D eigenvalue weighted by Gasteiger charge is 2.38. The molecular formula is C25H29ClN6O3S. The summed E-state index contributed by atoms with van der Waals surface area (Å²) in [5.74, 6) is 0.470. The summed E-state index contributed by atoms with van der Waals surface area (Å²) in [5.41, 5.74) is 8.26. The summed E-state index contributed by atoms with van der Waals surface area (Å²) in [6.45, 7) is 6.24. The van der Waals surface area contributed by atoms with Crippen molar-refractivity contribution in [2.75, 3.05) is 35.6 Å². The zero-order valence-corrected chi connectivity index (χ0v) is 21.7. The molecule has 5 rings (SSSR count). The topological polar surface area (TPSA) is 114 Å². The second kappa shape index (κ2) is 10.8. The van der Waals surface area contributed by atoms with E-state index in [1.807, 2.05) is 23.6 Å². The molecule has 1 aromatic carbocycles. The number of thiazole rings is 1. The highest BCUT2D eigenvalue weighted by molar-refractivity contribution is 7.14. The van der Waals surface area contributed by atoms with Crippen LogP contribution in [0.25, 0.3) is 11.4 Å². The van der Waals surface area contributed by atoms with Crippen molar-refractivity contribution in [3.63, 3.8) is 0 Å². The van der Waals surface area contributed by atoms with Crippen molar-refractivity contribution < 1.29 is 14.3 Å². The monoisotopic (exact) mass is 528 g/mol. The molecular weight excluding hydrogens is 500 g/mol. The predicted octanol–water partition coefficient (Wildman–Crippen LogP) is 3.68.